The molecule has 0 saturated carbocycles. The topological polar surface area (TPSA) is 75.2 Å². The molecule has 0 aliphatic carbocycles. The second kappa shape index (κ2) is 5.72. The lowest BCUT2D eigenvalue weighted by Crippen LogP contribution is -2.41. The van der Waals surface area contributed by atoms with Crippen molar-refractivity contribution in [3.8, 4) is 0 Å². The van der Waals surface area contributed by atoms with Gasteiger partial charge in [0.2, 0.25) is 10.0 Å². The minimum atomic E-state index is -3.15. The molecule has 120 valence electrons. The van der Waals surface area contributed by atoms with Gasteiger partial charge in [-0.25, -0.2) is 17.5 Å². The van der Waals surface area contributed by atoms with Gasteiger partial charge in [0.05, 0.1) is 16.8 Å². The Balaban J connectivity index is 1.88. The largest absolute Gasteiger partial charge is 0.326 e. The van der Waals surface area contributed by atoms with Crippen LogP contribution in [0, 0.1) is 0 Å². The number of piperidine rings is 1. The van der Waals surface area contributed by atoms with Gasteiger partial charge in [-0.05, 0) is 38.0 Å². The molecule has 0 radical (unpaired) electrons. The molecule has 0 atom stereocenters. The number of aromatic nitrogens is 2. The number of H-pyrrole nitrogens is 1. The Morgan fingerprint density at radius 1 is 1.32 bits per heavy atom. The van der Waals surface area contributed by atoms with E-state index >= 15 is 0 Å². The standard InChI is InChI=1S/C14H18ClN3O3S/c1-2-22(20,21)17-7-5-11(6-8-17)18-13-4-3-10(15)9-12(13)16-14(18)19/h3-4,9,11H,2,5-8H2,1H3,(H,16,19). The Bertz CT molecular complexity index is 848. The Labute approximate surface area is 133 Å². The molecule has 1 saturated heterocycles. The first-order chi connectivity index (χ1) is 10.4. The fourth-order valence-corrected chi connectivity index (χ4v) is 4.33. The van der Waals surface area contributed by atoms with Gasteiger partial charge in [0.15, 0.2) is 0 Å². The fraction of sp³-hybridized carbons (Fsp3) is 0.500. The van der Waals surface area contributed by atoms with Gasteiger partial charge < -0.3 is 4.98 Å². The summed E-state index contributed by atoms with van der Waals surface area (Å²) in [5, 5.41) is 0.574. The number of benzene rings is 1. The third kappa shape index (κ3) is 2.68. The zero-order valence-electron chi connectivity index (χ0n) is 12.3. The van der Waals surface area contributed by atoms with Gasteiger partial charge in [-0.2, -0.15) is 0 Å². The van der Waals surface area contributed by atoms with Crippen LogP contribution in [0.25, 0.3) is 11.0 Å². The predicted molar refractivity (Wildman–Crippen MR) is 86.9 cm³/mol. The maximum Gasteiger partial charge on any atom is 0.326 e. The minimum absolute atomic E-state index is 0.00531. The summed E-state index contributed by atoms with van der Waals surface area (Å²) >= 11 is 5.95. The first kappa shape index (κ1) is 15.6. The van der Waals surface area contributed by atoms with Crippen LogP contribution in [0.2, 0.25) is 5.02 Å². The highest BCUT2D eigenvalue weighted by Gasteiger charge is 2.28. The third-order valence-corrected chi connectivity index (χ3v) is 6.34. The highest BCUT2D eigenvalue weighted by Crippen LogP contribution is 2.27. The number of halogens is 1. The summed E-state index contributed by atoms with van der Waals surface area (Å²) in [6.45, 7) is 2.55. The van der Waals surface area contributed by atoms with E-state index in [1.54, 1.807) is 23.6 Å². The minimum Gasteiger partial charge on any atom is -0.305 e. The molecule has 0 amide bonds. The normalized spacial score (nSPS) is 18.1. The summed E-state index contributed by atoms with van der Waals surface area (Å²) in [6.07, 6.45) is 1.27. The Kier molecular flexibility index (Phi) is 4.05. The van der Waals surface area contributed by atoms with Crippen LogP contribution >= 0.6 is 11.6 Å². The summed E-state index contributed by atoms with van der Waals surface area (Å²) in [6, 6.07) is 5.31. The van der Waals surface area contributed by atoms with Crippen molar-refractivity contribution >= 4 is 32.7 Å². The van der Waals surface area contributed by atoms with Crippen LogP contribution in [0.3, 0.4) is 0 Å². The van der Waals surface area contributed by atoms with E-state index in [0.717, 1.165) is 5.52 Å². The van der Waals surface area contributed by atoms with E-state index in [-0.39, 0.29) is 17.5 Å². The van der Waals surface area contributed by atoms with Crippen LogP contribution in [-0.2, 0) is 10.0 Å². The van der Waals surface area contributed by atoms with Crippen LogP contribution in [0.1, 0.15) is 25.8 Å². The molecule has 1 aromatic carbocycles. The Morgan fingerprint density at radius 2 is 2.00 bits per heavy atom. The molecular formula is C14H18ClN3O3S. The molecule has 0 spiro atoms. The zero-order valence-corrected chi connectivity index (χ0v) is 13.8. The predicted octanol–water partition coefficient (Wildman–Crippen LogP) is 1.97. The maximum absolute atomic E-state index is 12.2. The van der Waals surface area contributed by atoms with E-state index in [4.69, 9.17) is 11.6 Å². The number of aromatic amines is 1. The average Bonchev–Trinajstić information content (AvgIpc) is 2.82. The highest BCUT2D eigenvalue weighted by atomic mass is 35.5. The summed E-state index contributed by atoms with van der Waals surface area (Å²) in [5.41, 5.74) is 1.35. The number of imidazole rings is 1. The molecule has 1 fully saturated rings. The number of rotatable bonds is 3. The van der Waals surface area contributed by atoms with Crippen molar-refractivity contribution in [3.05, 3.63) is 33.7 Å². The zero-order chi connectivity index (χ0) is 15.9. The summed E-state index contributed by atoms with van der Waals surface area (Å²) in [4.78, 5) is 15.0. The molecule has 2 aromatic rings. The summed E-state index contributed by atoms with van der Waals surface area (Å²) in [7, 11) is -3.15. The van der Waals surface area contributed by atoms with Crippen molar-refractivity contribution in [3.63, 3.8) is 0 Å². The highest BCUT2D eigenvalue weighted by molar-refractivity contribution is 7.89. The molecular weight excluding hydrogens is 326 g/mol. The van der Waals surface area contributed by atoms with Crippen molar-refractivity contribution in [1.29, 1.82) is 0 Å². The van der Waals surface area contributed by atoms with Gasteiger partial charge in [0.1, 0.15) is 0 Å². The molecule has 22 heavy (non-hydrogen) atoms. The molecule has 0 bridgehead atoms. The van der Waals surface area contributed by atoms with Crippen molar-refractivity contribution in [1.82, 2.24) is 13.9 Å². The van der Waals surface area contributed by atoms with Crippen molar-refractivity contribution in [2.75, 3.05) is 18.8 Å². The lowest BCUT2D eigenvalue weighted by molar-refractivity contribution is 0.274. The first-order valence-corrected chi connectivity index (χ1v) is 9.28. The number of fused-ring (bicyclic) bond motifs is 1. The number of hydrogen-bond donors (Lipinski definition) is 1. The smallest absolute Gasteiger partial charge is 0.305 e. The van der Waals surface area contributed by atoms with Gasteiger partial charge in [-0.3, -0.25) is 4.57 Å². The molecule has 8 heteroatoms. The van der Waals surface area contributed by atoms with E-state index in [0.29, 0.717) is 36.5 Å². The number of nitrogens with zero attached hydrogens (tertiary/aromatic N) is 2. The second-order valence-corrected chi connectivity index (χ2v) is 8.19. The number of sulfonamides is 1. The monoisotopic (exact) mass is 343 g/mol. The SMILES string of the molecule is CCS(=O)(=O)N1CCC(n2c(=O)[nH]c3cc(Cl)ccc32)CC1. The molecule has 1 N–H and O–H groups in total. The van der Waals surface area contributed by atoms with Crippen molar-refractivity contribution in [2.24, 2.45) is 0 Å². The van der Waals surface area contributed by atoms with Crippen LogP contribution in [-0.4, -0.2) is 41.1 Å². The molecule has 1 aliphatic heterocycles. The van der Waals surface area contributed by atoms with E-state index in [1.807, 2.05) is 6.07 Å². The third-order valence-electron chi connectivity index (χ3n) is 4.23. The van der Waals surface area contributed by atoms with E-state index < -0.39 is 10.0 Å². The van der Waals surface area contributed by atoms with Gasteiger partial charge >= 0.3 is 5.69 Å². The molecule has 1 aliphatic rings. The average molecular weight is 344 g/mol. The molecule has 2 heterocycles. The molecule has 3 rings (SSSR count). The van der Waals surface area contributed by atoms with Crippen LogP contribution in [0.15, 0.2) is 23.0 Å². The Hall–Kier alpha value is -1.31. The van der Waals surface area contributed by atoms with E-state index in [9.17, 15) is 13.2 Å². The number of hydrogen-bond acceptors (Lipinski definition) is 3. The van der Waals surface area contributed by atoms with E-state index in [2.05, 4.69) is 4.98 Å². The lowest BCUT2D eigenvalue weighted by atomic mass is 10.1. The van der Waals surface area contributed by atoms with Gasteiger partial charge in [0.25, 0.3) is 0 Å². The lowest BCUT2D eigenvalue weighted by Gasteiger charge is -2.31. The summed E-state index contributed by atoms with van der Waals surface area (Å²) in [5.74, 6) is 0.114. The van der Waals surface area contributed by atoms with E-state index in [1.165, 1.54) is 4.31 Å². The van der Waals surface area contributed by atoms with Gasteiger partial charge in [-0.15, -0.1) is 0 Å². The fourth-order valence-electron chi connectivity index (χ4n) is 3.03. The molecule has 1 aromatic heterocycles. The Morgan fingerprint density at radius 3 is 2.64 bits per heavy atom. The van der Waals surface area contributed by atoms with Gasteiger partial charge in [0, 0.05) is 24.2 Å². The van der Waals surface area contributed by atoms with Gasteiger partial charge in [-0.1, -0.05) is 11.6 Å². The number of nitrogens with one attached hydrogen (secondary N) is 1. The first-order valence-electron chi connectivity index (χ1n) is 7.30. The van der Waals surface area contributed by atoms with Crippen LogP contribution < -0.4 is 5.69 Å². The van der Waals surface area contributed by atoms with Crippen LogP contribution in [0.5, 0.6) is 0 Å². The van der Waals surface area contributed by atoms with Crippen molar-refractivity contribution in [2.45, 2.75) is 25.8 Å². The van der Waals surface area contributed by atoms with Crippen molar-refractivity contribution < 1.29 is 8.42 Å². The second-order valence-electron chi connectivity index (χ2n) is 5.49. The molecule has 6 nitrogen and oxygen atoms in total. The quantitative estimate of drug-likeness (QED) is 0.925. The summed E-state index contributed by atoms with van der Waals surface area (Å²) < 4.78 is 27.0. The maximum atomic E-state index is 12.2. The van der Waals surface area contributed by atoms with Crippen LogP contribution in [0.4, 0.5) is 0 Å². The molecule has 0 unspecified atom stereocenters.